The predicted molar refractivity (Wildman–Crippen MR) is 68.2 cm³/mol. The van der Waals surface area contributed by atoms with Gasteiger partial charge in [0, 0.05) is 36.1 Å². The van der Waals surface area contributed by atoms with E-state index in [-0.39, 0.29) is 5.82 Å². The van der Waals surface area contributed by atoms with Gasteiger partial charge in [-0.3, -0.25) is 4.98 Å². The van der Waals surface area contributed by atoms with E-state index in [1.165, 1.54) is 12.1 Å². The van der Waals surface area contributed by atoms with Crippen molar-refractivity contribution in [3.05, 3.63) is 53.6 Å². The minimum absolute atomic E-state index is 0.312. The predicted octanol–water partition coefficient (Wildman–Crippen LogP) is 3.04. The molecule has 1 N–H and O–H groups in total. The molecule has 0 saturated heterocycles. The fourth-order valence-electron chi connectivity index (χ4n) is 1.64. The van der Waals surface area contributed by atoms with Crippen LogP contribution in [0.3, 0.4) is 0 Å². The fourth-order valence-corrected chi connectivity index (χ4v) is 1.64. The number of aryl methyl sites for hydroxylation is 1. The standard InChI is InChI=1S/C14H15FN2O/c1-10-6-14(11(8-16-2)9-17-10)18-13-5-3-4-12(15)7-13/h3-7,9,16H,8H2,1-2H3. The number of nitrogens with zero attached hydrogens (tertiary/aromatic N) is 1. The van der Waals surface area contributed by atoms with Crippen molar-refractivity contribution in [1.82, 2.24) is 10.3 Å². The highest BCUT2D eigenvalue weighted by Crippen LogP contribution is 2.25. The van der Waals surface area contributed by atoms with Gasteiger partial charge in [-0.15, -0.1) is 0 Å². The summed E-state index contributed by atoms with van der Waals surface area (Å²) in [5, 5.41) is 3.05. The third-order valence-electron chi connectivity index (χ3n) is 2.47. The van der Waals surface area contributed by atoms with E-state index in [1.807, 2.05) is 20.0 Å². The van der Waals surface area contributed by atoms with Crippen LogP contribution in [0.5, 0.6) is 11.5 Å². The molecule has 0 radical (unpaired) electrons. The Balaban J connectivity index is 2.29. The summed E-state index contributed by atoms with van der Waals surface area (Å²) in [7, 11) is 1.85. The summed E-state index contributed by atoms with van der Waals surface area (Å²) in [6, 6.07) is 7.94. The van der Waals surface area contributed by atoms with Crippen LogP contribution in [0.1, 0.15) is 11.3 Å². The number of hydrogen-bond acceptors (Lipinski definition) is 3. The topological polar surface area (TPSA) is 34.2 Å². The van der Waals surface area contributed by atoms with Crippen molar-refractivity contribution in [2.24, 2.45) is 0 Å². The summed E-state index contributed by atoms with van der Waals surface area (Å²) in [5.74, 6) is 0.869. The molecule has 0 spiro atoms. The number of nitrogens with one attached hydrogen (secondary N) is 1. The SMILES string of the molecule is CNCc1cnc(C)cc1Oc1cccc(F)c1. The second kappa shape index (κ2) is 5.60. The summed E-state index contributed by atoms with van der Waals surface area (Å²) < 4.78 is 18.8. The molecular weight excluding hydrogens is 231 g/mol. The third-order valence-corrected chi connectivity index (χ3v) is 2.47. The third kappa shape index (κ3) is 3.05. The van der Waals surface area contributed by atoms with E-state index >= 15 is 0 Å². The quantitative estimate of drug-likeness (QED) is 0.900. The van der Waals surface area contributed by atoms with E-state index < -0.39 is 0 Å². The van der Waals surface area contributed by atoms with Crippen LogP contribution in [0.15, 0.2) is 36.5 Å². The molecular formula is C14H15FN2O. The highest BCUT2D eigenvalue weighted by molar-refractivity contribution is 5.37. The molecule has 0 saturated carbocycles. The normalized spacial score (nSPS) is 10.4. The number of halogens is 1. The Morgan fingerprint density at radius 3 is 2.89 bits per heavy atom. The Bertz CT molecular complexity index is 543. The van der Waals surface area contributed by atoms with Crippen LogP contribution in [0.2, 0.25) is 0 Å². The molecule has 0 aliphatic carbocycles. The fraction of sp³-hybridized carbons (Fsp3) is 0.214. The average molecular weight is 246 g/mol. The number of ether oxygens (including phenoxy) is 1. The number of pyridine rings is 1. The van der Waals surface area contributed by atoms with E-state index in [0.717, 1.165) is 11.3 Å². The summed E-state index contributed by atoms with van der Waals surface area (Å²) in [4.78, 5) is 4.22. The lowest BCUT2D eigenvalue weighted by Gasteiger charge is -2.11. The van der Waals surface area contributed by atoms with Gasteiger partial charge in [-0.25, -0.2) is 4.39 Å². The van der Waals surface area contributed by atoms with Crippen molar-refractivity contribution in [2.75, 3.05) is 7.05 Å². The zero-order valence-corrected chi connectivity index (χ0v) is 10.4. The van der Waals surface area contributed by atoms with Crippen LogP contribution in [-0.4, -0.2) is 12.0 Å². The van der Waals surface area contributed by atoms with E-state index in [1.54, 1.807) is 18.3 Å². The smallest absolute Gasteiger partial charge is 0.135 e. The van der Waals surface area contributed by atoms with Gasteiger partial charge in [0.15, 0.2) is 0 Å². The minimum atomic E-state index is -0.312. The Kier molecular flexibility index (Phi) is 3.89. The largest absolute Gasteiger partial charge is 0.457 e. The Hall–Kier alpha value is -1.94. The molecule has 0 aliphatic heterocycles. The van der Waals surface area contributed by atoms with Gasteiger partial charge in [-0.2, -0.15) is 0 Å². The lowest BCUT2D eigenvalue weighted by Crippen LogP contribution is -2.07. The van der Waals surface area contributed by atoms with Gasteiger partial charge in [0.05, 0.1) is 0 Å². The maximum atomic E-state index is 13.1. The number of benzene rings is 1. The maximum Gasteiger partial charge on any atom is 0.135 e. The number of rotatable bonds is 4. The first-order valence-corrected chi connectivity index (χ1v) is 5.72. The van der Waals surface area contributed by atoms with Crippen molar-refractivity contribution in [2.45, 2.75) is 13.5 Å². The summed E-state index contributed by atoms with van der Waals surface area (Å²) in [6.07, 6.45) is 1.76. The molecule has 0 bridgehead atoms. The Labute approximate surface area is 106 Å². The summed E-state index contributed by atoms with van der Waals surface area (Å²) >= 11 is 0. The van der Waals surface area contributed by atoms with Gasteiger partial charge in [0.2, 0.25) is 0 Å². The minimum Gasteiger partial charge on any atom is -0.457 e. The van der Waals surface area contributed by atoms with Crippen LogP contribution < -0.4 is 10.1 Å². The van der Waals surface area contributed by atoms with Crippen LogP contribution in [-0.2, 0) is 6.54 Å². The van der Waals surface area contributed by atoms with Crippen LogP contribution in [0, 0.1) is 12.7 Å². The van der Waals surface area contributed by atoms with Crippen LogP contribution in [0.25, 0.3) is 0 Å². The van der Waals surface area contributed by atoms with Crippen molar-refractivity contribution < 1.29 is 9.13 Å². The average Bonchev–Trinajstić information content (AvgIpc) is 2.33. The van der Waals surface area contributed by atoms with Gasteiger partial charge in [-0.05, 0) is 26.1 Å². The molecule has 1 heterocycles. The molecule has 4 heteroatoms. The highest BCUT2D eigenvalue weighted by atomic mass is 19.1. The van der Waals surface area contributed by atoms with E-state index in [0.29, 0.717) is 18.0 Å². The molecule has 2 aromatic rings. The van der Waals surface area contributed by atoms with Crippen molar-refractivity contribution in [3.63, 3.8) is 0 Å². The van der Waals surface area contributed by atoms with Crippen molar-refractivity contribution in [1.29, 1.82) is 0 Å². The number of aromatic nitrogens is 1. The number of hydrogen-bond donors (Lipinski definition) is 1. The zero-order chi connectivity index (χ0) is 13.0. The molecule has 0 amide bonds. The van der Waals surface area contributed by atoms with Crippen molar-refractivity contribution in [3.8, 4) is 11.5 Å². The second-order valence-electron chi connectivity index (χ2n) is 4.02. The van der Waals surface area contributed by atoms with E-state index in [9.17, 15) is 4.39 Å². The Morgan fingerprint density at radius 1 is 1.33 bits per heavy atom. The molecule has 0 aliphatic rings. The highest BCUT2D eigenvalue weighted by Gasteiger charge is 2.06. The molecule has 1 aromatic carbocycles. The Morgan fingerprint density at radius 2 is 2.17 bits per heavy atom. The van der Waals surface area contributed by atoms with Gasteiger partial charge in [0.1, 0.15) is 17.3 Å². The molecule has 3 nitrogen and oxygen atoms in total. The first-order chi connectivity index (χ1) is 8.69. The lowest BCUT2D eigenvalue weighted by atomic mass is 10.2. The molecule has 2 rings (SSSR count). The second-order valence-corrected chi connectivity index (χ2v) is 4.02. The van der Waals surface area contributed by atoms with Crippen molar-refractivity contribution >= 4 is 0 Å². The lowest BCUT2D eigenvalue weighted by molar-refractivity contribution is 0.467. The van der Waals surface area contributed by atoms with Gasteiger partial charge in [0.25, 0.3) is 0 Å². The van der Waals surface area contributed by atoms with Gasteiger partial charge in [-0.1, -0.05) is 6.07 Å². The zero-order valence-electron chi connectivity index (χ0n) is 10.4. The van der Waals surface area contributed by atoms with Gasteiger partial charge >= 0.3 is 0 Å². The molecule has 0 fully saturated rings. The van der Waals surface area contributed by atoms with Gasteiger partial charge < -0.3 is 10.1 Å². The molecule has 1 aromatic heterocycles. The first-order valence-electron chi connectivity index (χ1n) is 5.72. The molecule has 0 atom stereocenters. The monoisotopic (exact) mass is 246 g/mol. The van der Waals surface area contributed by atoms with E-state index in [4.69, 9.17) is 4.74 Å². The van der Waals surface area contributed by atoms with Crippen LogP contribution >= 0.6 is 0 Å². The molecule has 18 heavy (non-hydrogen) atoms. The van der Waals surface area contributed by atoms with E-state index in [2.05, 4.69) is 10.3 Å². The first kappa shape index (κ1) is 12.5. The van der Waals surface area contributed by atoms with Crippen LogP contribution in [0.4, 0.5) is 4.39 Å². The molecule has 94 valence electrons. The summed E-state index contributed by atoms with van der Waals surface area (Å²) in [5.41, 5.74) is 1.80. The summed E-state index contributed by atoms with van der Waals surface area (Å²) in [6.45, 7) is 2.54. The maximum absolute atomic E-state index is 13.1. The molecule has 0 unspecified atom stereocenters.